The number of carbonyl (C=O) groups is 3. The summed E-state index contributed by atoms with van der Waals surface area (Å²) in [4.78, 5) is 39.3. The van der Waals surface area contributed by atoms with E-state index in [1.54, 1.807) is 38.1 Å². The number of halogens is 1. The van der Waals surface area contributed by atoms with E-state index in [0.29, 0.717) is 29.3 Å². The summed E-state index contributed by atoms with van der Waals surface area (Å²) in [5.74, 6) is -1.96. The largest absolute Gasteiger partial charge is 0.396 e. The van der Waals surface area contributed by atoms with Gasteiger partial charge in [0, 0.05) is 16.8 Å². The van der Waals surface area contributed by atoms with E-state index in [4.69, 9.17) is 5.73 Å². The first kappa shape index (κ1) is 21.9. The minimum absolute atomic E-state index is 0.0671. The van der Waals surface area contributed by atoms with Crippen LogP contribution in [0.15, 0.2) is 35.7 Å². The Bertz CT molecular complexity index is 1140. The quantitative estimate of drug-likeness (QED) is 0.584. The number of amides is 3. The van der Waals surface area contributed by atoms with E-state index in [1.165, 1.54) is 9.58 Å². The van der Waals surface area contributed by atoms with Crippen LogP contribution in [0.5, 0.6) is 0 Å². The third-order valence-corrected chi connectivity index (χ3v) is 6.46. The first-order valence-electron chi connectivity index (χ1n) is 10.5. The number of carbonyl (C=O) groups excluding carboxylic acids is 3. The lowest BCUT2D eigenvalue weighted by atomic mass is 10.0. The molecule has 2 fully saturated rings. The zero-order valence-corrected chi connectivity index (χ0v) is 18.0. The Labute approximate surface area is 184 Å². The number of nitrogens with one attached hydrogen (secondary N) is 1. The fraction of sp³-hybridized carbons (Fsp3) is 0.455. The fourth-order valence-electron chi connectivity index (χ4n) is 4.54. The number of nitrogens with two attached hydrogens (primary N) is 1. The smallest absolute Gasteiger partial charge is 0.269 e. The number of fused-ring (bicyclic) bond motifs is 2. The van der Waals surface area contributed by atoms with Crippen LogP contribution >= 0.6 is 0 Å². The summed E-state index contributed by atoms with van der Waals surface area (Å²) in [5.41, 5.74) is 6.03. The topological polar surface area (TPSA) is 131 Å². The van der Waals surface area contributed by atoms with Crippen molar-refractivity contribution in [3.05, 3.63) is 41.4 Å². The molecular formula is C22H26FN5O4. The zero-order chi connectivity index (χ0) is 23.2. The number of likely N-dealkylation sites (tertiary alicyclic amines) is 1. The molecule has 2 heterocycles. The second kappa shape index (κ2) is 8.01. The molecule has 0 radical (unpaired) electrons. The van der Waals surface area contributed by atoms with Crippen LogP contribution in [0.2, 0.25) is 0 Å². The van der Waals surface area contributed by atoms with E-state index < -0.39 is 29.1 Å². The molecule has 2 aromatic rings. The number of allylic oxidation sites excluding steroid dienone is 1. The number of benzene rings is 1. The highest BCUT2D eigenvalue weighted by Gasteiger charge is 2.66. The molecule has 3 atom stereocenters. The van der Waals surface area contributed by atoms with Crippen molar-refractivity contribution in [1.82, 2.24) is 20.0 Å². The fourth-order valence-corrected chi connectivity index (χ4v) is 4.54. The SMILES string of the molecule is CC(C)=C(F)CNC(=O)[C@@H]1C[C@@]2(CO)C[C@H]2N1C(=O)Cn1nc(C(N)=O)c2ccccc21. The molecule has 1 saturated heterocycles. The lowest BCUT2D eigenvalue weighted by Crippen LogP contribution is -2.49. The highest BCUT2D eigenvalue weighted by Crippen LogP contribution is 2.59. The zero-order valence-electron chi connectivity index (χ0n) is 18.0. The van der Waals surface area contributed by atoms with Gasteiger partial charge in [0.2, 0.25) is 11.8 Å². The highest BCUT2D eigenvalue weighted by atomic mass is 19.1. The third kappa shape index (κ3) is 3.64. The van der Waals surface area contributed by atoms with Crippen molar-refractivity contribution >= 4 is 28.6 Å². The summed E-state index contributed by atoms with van der Waals surface area (Å²) in [7, 11) is 0. The Morgan fingerprint density at radius 3 is 2.66 bits per heavy atom. The molecule has 2 aliphatic rings. The number of nitrogens with zero attached hydrogens (tertiary/aromatic N) is 3. The maximum absolute atomic E-state index is 13.9. The van der Waals surface area contributed by atoms with Gasteiger partial charge in [-0.15, -0.1) is 0 Å². The molecule has 170 valence electrons. The summed E-state index contributed by atoms with van der Waals surface area (Å²) in [6, 6.07) is 5.86. The number of aliphatic hydroxyl groups is 1. The van der Waals surface area contributed by atoms with Crippen LogP contribution in [0.25, 0.3) is 10.9 Å². The number of primary amides is 1. The predicted octanol–water partition coefficient (Wildman–Crippen LogP) is 0.867. The number of aliphatic hydroxyl groups excluding tert-OH is 1. The van der Waals surface area contributed by atoms with Gasteiger partial charge in [0.25, 0.3) is 5.91 Å². The second-order valence-corrected chi connectivity index (χ2v) is 8.77. The number of piperidine rings is 1. The van der Waals surface area contributed by atoms with E-state index in [1.807, 2.05) is 0 Å². The number of para-hydroxylation sites is 1. The van der Waals surface area contributed by atoms with Gasteiger partial charge < -0.3 is 21.1 Å². The molecule has 4 N–H and O–H groups in total. The van der Waals surface area contributed by atoms with Gasteiger partial charge in [-0.25, -0.2) is 4.39 Å². The highest BCUT2D eigenvalue weighted by molar-refractivity contribution is 6.04. The van der Waals surface area contributed by atoms with Crippen molar-refractivity contribution in [2.45, 2.75) is 45.3 Å². The first-order chi connectivity index (χ1) is 15.2. The molecule has 1 aliphatic carbocycles. The van der Waals surface area contributed by atoms with Gasteiger partial charge >= 0.3 is 0 Å². The van der Waals surface area contributed by atoms with E-state index in [-0.39, 0.29) is 37.3 Å². The number of aromatic nitrogens is 2. The maximum Gasteiger partial charge on any atom is 0.269 e. The molecule has 1 aliphatic heterocycles. The molecule has 9 nitrogen and oxygen atoms in total. The number of hydrogen-bond donors (Lipinski definition) is 3. The Kier molecular flexibility index (Phi) is 5.49. The van der Waals surface area contributed by atoms with E-state index in [9.17, 15) is 23.9 Å². The summed E-state index contributed by atoms with van der Waals surface area (Å²) >= 11 is 0. The monoisotopic (exact) mass is 443 g/mol. The van der Waals surface area contributed by atoms with Gasteiger partial charge in [-0.1, -0.05) is 18.2 Å². The minimum Gasteiger partial charge on any atom is -0.396 e. The van der Waals surface area contributed by atoms with Crippen molar-refractivity contribution in [2.24, 2.45) is 11.1 Å². The molecule has 0 bridgehead atoms. The molecule has 1 aromatic carbocycles. The van der Waals surface area contributed by atoms with Crippen molar-refractivity contribution in [3.63, 3.8) is 0 Å². The molecular weight excluding hydrogens is 417 g/mol. The Hall–Kier alpha value is -3.27. The summed E-state index contributed by atoms with van der Waals surface area (Å²) < 4.78 is 15.3. The Morgan fingerprint density at radius 2 is 2.00 bits per heavy atom. The van der Waals surface area contributed by atoms with E-state index in [0.717, 1.165) is 0 Å². The Balaban J connectivity index is 1.58. The summed E-state index contributed by atoms with van der Waals surface area (Å²) in [6.07, 6.45) is 0.919. The lowest BCUT2D eigenvalue weighted by molar-refractivity contribution is -0.140. The van der Waals surface area contributed by atoms with Crippen molar-refractivity contribution < 1.29 is 23.9 Å². The van der Waals surface area contributed by atoms with Gasteiger partial charge in [0.15, 0.2) is 5.69 Å². The van der Waals surface area contributed by atoms with Gasteiger partial charge in [-0.05, 0) is 38.3 Å². The molecule has 1 aromatic heterocycles. The van der Waals surface area contributed by atoms with Gasteiger partial charge in [-0.2, -0.15) is 5.10 Å². The summed E-state index contributed by atoms with van der Waals surface area (Å²) in [5, 5.41) is 17.2. The Morgan fingerprint density at radius 1 is 1.28 bits per heavy atom. The van der Waals surface area contributed by atoms with Crippen LogP contribution in [0.3, 0.4) is 0 Å². The minimum atomic E-state index is -0.809. The molecule has 1 saturated carbocycles. The van der Waals surface area contributed by atoms with Gasteiger partial charge in [-0.3, -0.25) is 19.1 Å². The second-order valence-electron chi connectivity index (χ2n) is 8.77. The van der Waals surface area contributed by atoms with Crippen molar-refractivity contribution in [1.29, 1.82) is 0 Å². The lowest BCUT2D eigenvalue weighted by Gasteiger charge is -2.27. The van der Waals surface area contributed by atoms with E-state index in [2.05, 4.69) is 10.4 Å². The molecule has 3 amide bonds. The molecule has 32 heavy (non-hydrogen) atoms. The van der Waals surface area contributed by atoms with Crippen LogP contribution in [-0.4, -0.2) is 62.7 Å². The van der Waals surface area contributed by atoms with Crippen LogP contribution in [0, 0.1) is 5.41 Å². The normalized spacial score (nSPS) is 23.7. The molecule has 10 heteroatoms. The van der Waals surface area contributed by atoms with Crippen LogP contribution < -0.4 is 11.1 Å². The van der Waals surface area contributed by atoms with Crippen molar-refractivity contribution in [2.75, 3.05) is 13.2 Å². The van der Waals surface area contributed by atoms with Crippen LogP contribution in [0.1, 0.15) is 37.2 Å². The third-order valence-electron chi connectivity index (χ3n) is 6.46. The maximum atomic E-state index is 13.9. The van der Waals surface area contributed by atoms with Gasteiger partial charge in [0.1, 0.15) is 18.4 Å². The standard InChI is InChI=1S/C22H26FN5O4/c1-12(2)14(23)9-25-21(32)16-7-22(11-29)8-17(22)28(16)18(30)10-27-15-6-4-3-5-13(15)19(26-27)20(24)31/h3-6,16-17,29H,7-11H2,1-2H3,(H2,24,31)(H,25,32)/t16-,17+,22-/m0/s1. The van der Waals surface area contributed by atoms with Crippen LogP contribution in [0.4, 0.5) is 4.39 Å². The average molecular weight is 443 g/mol. The number of rotatable bonds is 7. The van der Waals surface area contributed by atoms with Gasteiger partial charge in [0.05, 0.1) is 18.7 Å². The average Bonchev–Trinajstić information content (AvgIpc) is 3.19. The number of hydrogen-bond acceptors (Lipinski definition) is 5. The first-order valence-corrected chi connectivity index (χ1v) is 10.5. The molecule has 0 unspecified atom stereocenters. The van der Waals surface area contributed by atoms with Crippen molar-refractivity contribution in [3.8, 4) is 0 Å². The predicted molar refractivity (Wildman–Crippen MR) is 114 cm³/mol. The molecule has 0 spiro atoms. The van der Waals surface area contributed by atoms with E-state index >= 15 is 0 Å². The molecule has 4 rings (SSSR count). The summed E-state index contributed by atoms with van der Waals surface area (Å²) in [6.45, 7) is 2.64. The van der Waals surface area contributed by atoms with Crippen LogP contribution in [-0.2, 0) is 16.1 Å².